The number of nitrogens with one attached hydrogen (secondary N) is 3. The minimum atomic E-state index is -0.401. The molecule has 0 amide bonds. The maximum Gasteiger partial charge on any atom is 0.275 e. The average molecular weight is 210 g/mol. The number of aromatic nitrogens is 2. The van der Waals surface area contributed by atoms with Gasteiger partial charge in [-0.2, -0.15) is 0 Å². The van der Waals surface area contributed by atoms with Crippen LogP contribution in [0.25, 0.3) is 6.08 Å². The largest absolute Gasteiger partial charge is 0.493 e. The van der Waals surface area contributed by atoms with E-state index in [9.17, 15) is 9.90 Å². The molecule has 1 aliphatic rings. The second kappa shape index (κ2) is 3.18. The van der Waals surface area contributed by atoms with Crippen LogP contribution in [-0.4, -0.2) is 26.7 Å². The van der Waals surface area contributed by atoms with E-state index in [0.717, 1.165) is 11.8 Å². The summed E-state index contributed by atoms with van der Waals surface area (Å²) in [5.41, 5.74) is -0.254. The van der Waals surface area contributed by atoms with Crippen LogP contribution < -0.4 is 5.56 Å². The molecule has 1 aromatic rings. The quantitative estimate of drug-likeness (QED) is 0.542. The van der Waals surface area contributed by atoms with Gasteiger partial charge in [0.15, 0.2) is 5.17 Å². The van der Waals surface area contributed by atoms with Crippen LogP contribution in [0.1, 0.15) is 5.56 Å². The molecule has 7 heteroatoms. The summed E-state index contributed by atoms with van der Waals surface area (Å²) in [4.78, 5) is 15.5. The van der Waals surface area contributed by atoms with E-state index in [0.29, 0.717) is 4.91 Å². The maximum atomic E-state index is 11.1. The Bertz CT molecular complexity index is 496. The molecule has 0 aromatic carbocycles. The molecule has 2 heterocycles. The lowest BCUT2D eigenvalue weighted by molar-refractivity contribution is 0.451. The predicted molar refractivity (Wildman–Crippen MR) is 54.9 cm³/mol. The minimum absolute atomic E-state index is 0.147. The van der Waals surface area contributed by atoms with Crippen LogP contribution in [0.15, 0.2) is 14.7 Å². The smallest absolute Gasteiger partial charge is 0.275 e. The van der Waals surface area contributed by atoms with Gasteiger partial charge in [-0.25, -0.2) is 4.99 Å². The topological polar surface area (TPSA) is 105 Å². The first kappa shape index (κ1) is 8.82. The van der Waals surface area contributed by atoms with Gasteiger partial charge in [0.25, 0.3) is 5.56 Å². The van der Waals surface area contributed by atoms with Gasteiger partial charge >= 0.3 is 0 Å². The van der Waals surface area contributed by atoms with Crippen LogP contribution in [0.2, 0.25) is 0 Å². The molecule has 1 aliphatic heterocycles. The van der Waals surface area contributed by atoms with Gasteiger partial charge in [0.05, 0.1) is 0 Å². The van der Waals surface area contributed by atoms with Crippen molar-refractivity contribution in [3.8, 4) is 5.88 Å². The zero-order valence-electron chi connectivity index (χ0n) is 6.87. The Hall–Kier alpha value is -1.76. The van der Waals surface area contributed by atoms with Gasteiger partial charge in [-0.05, 0) is 17.8 Å². The maximum absolute atomic E-state index is 11.1. The highest BCUT2D eigenvalue weighted by molar-refractivity contribution is 8.18. The molecule has 0 spiro atoms. The van der Waals surface area contributed by atoms with E-state index in [4.69, 9.17) is 5.41 Å². The summed E-state index contributed by atoms with van der Waals surface area (Å²) >= 11 is 1.13. The molecule has 0 atom stereocenters. The van der Waals surface area contributed by atoms with Crippen molar-refractivity contribution in [3.05, 3.63) is 20.8 Å². The van der Waals surface area contributed by atoms with Crippen molar-refractivity contribution < 1.29 is 5.11 Å². The van der Waals surface area contributed by atoms with Crippen molar-refractivity contribution >= 4 is 29.2 Å². The molecule has 1 aromatic heterocycles. The highest BCUT2D eigenvalue weighted by atomic mass is 32.2. The molecular weight excluding hydrogens is 204 g/mol. The molecule has 4 N–H and O–H groups in total. The third kappa shape index (κ3) is 1.49. The Morgan fingerprint density at radius 2 is 2.36 bits per heavy atom. The van der Waals surface area contributed by atoms with Crippen LogP contribution in [0.3, 0.4) is 0 Å². The van der Waals surface area contributed by atoms with Crippen molar-refractivity contribution in [2.45, 2.75) is 0 Å². The third-order valence-corrected chi connectivity index (χ3v) is 2.36. The number of hydrogen-bond acceptors (Lipinski definition) is 4. The van der Waals surface area contributed by atoms with Gasteiger partial charge in [0.1, 0.15) is 5.56 Å². The Labute approximate surface area is 82.3 Å². The van der Waals surface area contributed by atoms with E-state index in [-0.39, 0.29) is 16.6 Å². The number of rotatable bonds is 1. The number of thioether (sulfide) groups is 1. The fraction of sp³-hybridized carbons (Fsp3) is 0. The molecule has 0 bridgehead atoms. The number of aromatic amines is 2. The average Bonchev–Trinajstić information content (AvgIpc) is 2.67. The summed E-state index contributed by atoms with van der Waals surface area (Å²) in [6, 6.07) is 0. The van der Waals surface area contributed by atoms with Gasteiger partial charge in [-0.15, -0.1) is 0 Å². The molecule has 14 heavy (non-hydrogen) atoms. The zero-order valence-corrected chi connectivity index (χ0v) is 7.68. The lowest BCUT2D eigenvalue weighted by atomic mass is 10.3. The van der Waals surface area contributed by atoms with Crippen LogP contribution >= 0.6 is 11.8 Å². The van der Waals surface area contributed by atoms with Gasteiger partial charge in [0, 0.05) is 11.1 Å². The molecule has 0 unspecified atom stereocenters. The monoisotopic (exact) mass is 210 g/mol. The van der Waals surface area contributed by atoms with Crippen LogP contribution in [0, 0.1) is 5.41 Å². The first-order valence-electron chi connectivity index (χ1n) is 3.68. The van der Waals surface area contributed by atoms with Crippen molar-refractivity contribution in [1.82, 2.24) is 10.2 Å². The summed E-state index contributed by atoms with van der Waals surface area (Å²) in [7, 11) is 0. The molecule has 2 rings (SSSR count). The molecule has 6 nitrogen and oxygen atoms in total. The second-order valence-corrected chi connectivity index (χ2v) is 3.62. The molecule has 0 saturated carbocycles. The molecule has 72 valence electrons. The SMILES string of the molecule is N=C1N=CC(=Cc2c(O)[nH][nH]c2=O)S1. The fourth-order valence-corrected chi connectivity index (χ4v) is 1.60. The molecule has 0 radical (unpaired) electrons. The van der Waals surface area contributed by atoms with Crippen molar-refractivity contribution in [2.75, 3.05) is 0 Å². The normalized spacial score (nSPS) is 18.3. The van der Waals surface area contributed by atoms with Crippen LogP contribution in [0.4, 0.5) is 0 Å². The van der Waals surface area contributed by atoms with E-state index >= 15 is 0 Å². The van der Waals surface area contributed by atoms with E-state index in [2.05, 4.69) is 15.2 Å². The summed E-state index contributed by atoms with van der Waals surface area (Å²) in [6.45, 7) is 0. The van der Waals surface area contributed by atoms with Gasteiger partial charge in [0.2, 0.25) is 5.88 Å². The first-order chi connectivity index (χ1) is 6.66. The highest BCUT2D eigenvalue weighted by Gasteiger charge is 2.11. The minimum Gasteiger partial charge on any atom is -0.493 e. The van der Waals surface area contributed by atoms with Gasteiger partial charge in [-0.3, -0.25) is 20.4 Å². The fourth-order valence-electron chi connectivity index (χ4n) is 0.988. The lowest BCUT2D eigenvalue weighted by Gasteiger charge is -1.89. The Kier molecular flexibility index (Phi) is 2.01. The number of hydrogen-bond donors (Lipinski definition) is 4. The summed E-state index contributed by atoms with van der Waals surface area (Å²) in [5.74, 6) is -0.213. The summed E-state index contributed by atoms with van der Waals surface area (Å²) in [6.07, 6.45) is 2.94. The molecule has 0 fully saturated rings. The molecule has 0 aliphatic carbocycles. The van der Waals surface area contributed by atoms with Crippen molar-refractivity contribution in [2.24, 2.45) is 4.99 Å². The lowest BCUT2D eigenvalue weighted by Crippen LogP contribution is -2.01. The molecule has 0 saturated heterocycles. The Morgan fingerprint density at radius 1 is 1.57 bits per heavy atom. The van der Waals surface area contributed by atoms with Gasteiger partial charge < -0.3 is 5.11 Å². The number of aliphatic imine (C=N–C) groups is 1. The van der Waals surface area contributed by atoms with E-state index in [1.807, 2.05) is 0 Å². The molecular formula is C7H6N4O2S. The number of amidine groups is 1. The van der Waals surface area contributed by atoms with Crippen molar-refractivity contribution in [3.63, 3.8) is 0 Å². The zero-order chi connectivity index (χ0) is 10.1. The van der Waals surface area contributed by atoms with E-state index < -0.39 is 5.56 Å². The van der Waals surface area contributed by atoms with Crippen molar-refractivity contribution in [1.29, 1.82) is 5.41 Å². The van der Waals surface area contributed by atoms with E-state index in [1.54, 1.807) is 0 Å². The highest BCUT2D eigenvalue weighted by Crippen LogP contribution is 2.24. The van der Waals surface area contributed by atoms with Crippen LogP contribution in [-0.2, 0) is 0 Å². The number of allylic oxidation sites excluding steroid dienone is 1. The third-order valence-electron chi connectivity index (χ3n) is 1.60. The Balaban J connectivity index is 2.39. The summed E-state index contributed by atoms with van der Waals surface area (Å²) in [5, 5.41) is 21.1. The predicted octanol–water partition coefficient (Wildman–Crippen LogP) is 0.502. The Morgan fingerprint density at radius 3 is 2.86 bits per heavy atom. The first-order valence-corrected chi connectivity index (χ1v) is 4.50. The van der Waals surface area contributed by atoms with E-state index in [1.165, 1.54) is 12.3 Å². The number of nitrogens with zero attached hydrogens (tertiary/aromatic N) is 1. The van der Waals surface area contributed by atoms with Crippen LogP contribution in [0.5, 0.6) is 5.88 Å². The standard InChI is InChI=1S/C7H6N4O2S/c8-7-9-2-3(14-7)1-4-5(12)10-11-6(4)13/h1-2,8H,(H3,10,11,12,13). The number of H-pyrrole nitrogens is 2. The summed E-state index contributed by atoms with van der Waals surface area (Å²) < 4.78 is 0. The van der Waals surface area contributed by atoms with Gasteiger partial charge in [-0.1, -0.05) is 0 Å². The second-order valence-electron chi connectivity index (χ2n) is 2.55. The number of aromatic hydroxyl groups is 1.